The number of hydrogen-bond acceptors (Lipinski definition) is 5. The molecule has 1 unspecified atom stereocenters. The van der Waals surface area contributed by atoms with Gasteiger partial charge in [0.15, 0.2) is 0 Å². The average Bonchev–Trinajstić information content (AvgIpc) is 2.59. The van der Waals surface area contributed by atoms with E-state index >= 15 is 0 Å². The van der Waals surface area contributed by atoms with Crippen molar-refractivity contribution in [2.45, 2.75) is 45.7 Å². The summed E-state index contributed by atoms with van der Waals surface area (Å²) in [5.74, 6) is -1.000. The number of carbonyl (C=O) groups is 4. The number of nitrogen functional groups attached to an aromatic ring is 1. The number of amides is 3. The molecule has 2 N–H and O–H groups in total. The lowest BCUT2D eigenvalue weighted by molar-refractivity contribution is -0.139. The first-order valence-electron chi connectivity index (χ1n) is 8.09. The van der Waals surface area contributed by atoms with Crippen LogP contribution in [0.25, 0.3) is 0 Å². The maximum Gasteiger partial charge on any atom is 0.261 e. The molecule has 7 heteroatoms. The molecule has 0 aliphatic rings. The number of aldehydes is 1. The van der Waals surface area contributed by atoms with Gasteiger partial charge in [-0.15, -0.1) is 0 Å². The largest absolute Gasteiger partial charge is 0.398 e. The molecular formula is C18H25N3O4. The lowest BCUT2D eigenvalue weighted by Gasteiger charge is -2.31. The van der Waals surface area contributed by atoms with Crippen molar-refractivity contribution in [1.82, 2.24) is 9.80 Å². The van der Waals surface area contributed by atoms with Gasteiger partial charge in [-0.2, -0.15) is 0 Å². The van der Waals surface area contributed by atoms with Crippen LogP contribution < -0.4 is 5.73 Å². The van der Waals surface area contributed by atoms with E-state index in [2.05, 4.69) is 0 Å². The van der Waals surface area contributed by atoms with Crippen molar-refractivity contribution in [1.29, 1.82) is 0 Å². The van der Waals surface area contributed by atoms with Crippen LogP contribution in [0.2, 0.25) is 0 Å². The number of rotatable bonds is 8. The van der Waals surface area contributed by atoms with E-state index in [1.165, 1.54) is 4.90 Å². The van der Waals surface area contributed by atoms with Gasteiger partial charge in [-0.25, -0.2) is 0 Å². The first-order chi connectivity index (χ1) is 11.8. The summed E-state index contributed by atoms with van der Waals surface area (Å²) < 4.78 is 0. The van der Waals surface area contributed by atoms with Crippen LogP contribution in [0.5, 0.6) is 0 Å². The summed E-state index contributed by atoms with van der Waals surface area (Å²) in [5, 5.41) is 0. The molecular weight excluding hydrogens is 322 g/mol. The summed E-state index contributed by atoms with van der Waals surface area (Å²) >= 11 is 0. The number of nitrogens with zero attached hydrogens (tertiary/aromatic N) is 2. The highest BCUT2D eigenvalue weighted by atomic mass is 16.2. The Balaban J connectivity index is 3.25. The standard InChI is InChI=1S/C18H25N3O4/c1-12(2)20(4)18(25)16(9-6-10-22)21(11-23)17(24)14-7-5-8-15(19)13(14)3/h5,7-8,10-12,16H,6,9,19H2,1-4H3. The Kier molecular flexibility index (Phi) is 7.29. The molecule has 0 saturated carbocycles. The fourth-order valence-corrected chi connectivity index (χ4v) is 2.38. The van der Waals surface area contributed by atoms with Gasteiger partial charge in [0.2, 0.25) is 12.3 Å². The van der Waals surface area contributed by atoms with E-state index in [0.717, 1.165) is 4.90 Å². The van der Waals surface area contributed by atoms with Gasteiger partial charge < -0.3 is 15.4 Å². The van der Waals surface area contributed by atoms with E-state index in [1.807, 2.05) is 13.8 Å². The SMILES string of the molecule is Cc1c(N)cccc1C(=O)N(C=O)C(CCC=O)C(=O)N(C)C(C)C. The number of hydrogen-bond donors (Lipinski definition) is 1. The van der Waals surface area contributed by atoms with E-state index in [4.69, 9.17) is 5.73 Å². The zero-order valence-corrected chi connectivity index (χ0v) is 15.1. The molecule has 0 aliphatic heterocycles. The second kappa shape index (κ2) is 8.96. The fraction of sp³-hybridized carbons (Fsp3) is 0.444. The highest BCUT2D eigenvalue weighted by Gasteiger charge is 2.33. The van der Waals surface area contributed by atoms with Crippen LogP contribution >= 0.6 is 0 Å². The number of benzene rings is 1. The maximum atomic E-state index is 12.8. The minimum Gasteiger partial charge on any atom is -0.398 e. The zero-order valence-electron chi connectivity index (χ0n) is 15.1. The van der Waals surface area contributed by atoms with Crippen molar-refractivity contribution >= 4 is 30.2 Å². The molecule has 1 rings (SSSR count). The van der Waals surface area contributed by atoms with Crippen LogP contribution in [-0.4, -0.2) is 53.4 Å². The van der Waals surface area contributed by atoms with E-state index in [1.54, 1.807) is 32.2 Å². The number of likely N-dealkylation sites (N-methyl/N-ethyl adjacent to an activating group) is 1. The molecule has 0 saturated heterocycles. The van der Waals surface area contributed by atoms with Crippen LogP contribution in [0.1, 0.15) is 42.6 Å². The molecule has 136 valence electrons. The molecule has 1 aromatic carbocycles. The normalized spacial score (nSPS) is 11.7. The summed E-state index contributed by atoms with van der Waals surface area (Å²) in [4.78, 5) is 50.2. The molecule has 0 fully saturated rings. The van der Waals surface area contributed by atoms with Crippen LogP contribution in [0.3, 0.4) is 0 Å². The van der Waals surface area contributed by atoms with Gasteiger partial charge in [0.05, 0.1) is 0 Å². The molecule has 0 spiro atoms. The van der Waals surface area contributed by atoms with Crippen molar-refractivity contribution in [3.05, 3.63) is 29.3 Å². The minimum absolute atomic E-state index is 0.0653. The highest BCUT2D eigenvalue weighted by molar-refractivity contribution is 6.04. The van der Waals surface area contributed by atoms with Crippen LogP contribution in [0, 0.1) is 6.92 Å². The molecule has 0 radical (unpaired) electrons. The minimum atomic E-state index is -1.04. The molecule has 0 bridgehead atoms. The monoisotopic (exact) mass is 347 g/mol. The number of carbonyl (C=O) groups excluding carboxylic acids is 4. The number of imide groups is 1. The topological polar surface area (TPSA) is 101 Å². The van der Waals surface area contributed by atoms with E-state index in [-0.39, 0.29) is 30.4 Å². The Morgan fingerprint density at radius 3 is 2.40 bits per heavy atom. The fourth-order valence-electron chi connectivity index (χ4n) is 2.38. The highest BCUT2D eigenvalue weighted by Crippen LogP contribution is 2.20. The third-order valence-electron chi connectivity index (χ3n) is 4.26. The first-order valence-corrected chi connectivity index (χ1v) is 8.09. The van der Waals surface area contributed by atoms with E-state index in [0.29, 0.717) is 23.9 Å². The Bertz CT molecular complexity index is 658. The quantitative estimate of drug-likeness (QED) is 0.566. The van der Waals surface area contributed by atoms with Crippen LogP contribution in [0.15, 0.2) is 18.2 Å². The zero-order chi connectivity index (χ0) is 19.1. The van der Waals surface area contributed by atoms with Gasteiger partial charge in [0.25, 0.3) is 5.91 Å². The molecule has 0 aliphatic carbocycles. The Morgan fingerprint density at radius 1 is 1.24 bits per heavy atom. The van der Waals surface area contributed by atoms with Gasteiger partial charge in [0, 0.05) is 30.8 Å². The number of anilines is 1. The second-order valence-electron chi connectivity index (χ2n) is 6.14. The molecule has 7 nitrogen and oxygen atoms in total. The van der Waals surface area contributed by atoms with Gasteiger partial charge in [0.1, 0.15) is 12.3 Å². The molecule has 0 heterocycles. The van der Waals surface area contributed by atoms with E-state index in [9.17, 15) is 19.2 Å². The summed E-state index contributed by atoms with van der Waals surface area (Å²) in [6.07, 6.45) is 1.14. The third-order valence-corrected chi connectivity index (χ3v) is 4.26. The molecule has 0 aromatic heterocycles. The number of nitrogens with two attached hydrogens (primary N) is 1. The average molecular weight is 347 g/mol. The van der Waals surface area contributed by atoms with Gasteiger partial charge in [-0.1, -0.05) is 6.07 Å². The van der Waals surface area contributed by atoms with Crippen molar-refractivity contribution in [2.75, 3.05) is 12.8 Å². The van der Waals surface area contributed by atoms with Crippen molar-refractivity contribution in [3.63, 3.8) is 0 Å². The third kappa shape index (κ3) is 4.65. The van der Waals surface area contributed by atoms with Gasteiger partial charge in [-0.05, 0) is 44.9 Å². The summed E-state index contributed by atoms with van der Waals surface area (Å²) in [5.41, 5.74) is 7.04. The predicted molar refractivity (Wildman–Crippen MR) is 94.8 cm³/mol. The Hall–Kier alpha value is -2.70. The second-order valence-corrected chi connectivity index (χ2v) is 6.14. The smallest absolute Gasteiger partial charge is 0.261 e. The predicted octanol–water partition coefficient (Wildman–Crippen LogP) is 1.39. The van der Waals surface area contributed by atoms with E-state index < -0.39 is 11.9 Å². The summed E-state index contributed by atoms with van der Waals surface area (Å²) in [6.45, 7) is 5.32. The lowest BCUT2D eigenvalue weighted by atomic mass is 10.0. The molecule has 1 atom stereocenters. The van der Waals surface area contributed by atoms with Gasteiger partial charge >= 0.3 is 0 Å². The van der Waals surface area contributed by atoms with Gasteiger partial charge in [-0.3, -0.25) is 19.3 Å². The molecule has 1 aromatic rings. The lowest BCUT2D eigenvalue weighted by Crippen LogP contribution is -2.51. The Morgan fingerprint density at radius 2 is 1.88 bits per heavy atom. The summed E-state index contributed by atoms with van der Waals surface area (Å²) in [6, 6.07) is 3.67. The van der Waals surface area contributed by atoms with Crippen molar-refractivity contribution in [3.8, 4) is 0 Å². The molecule has 25 heavy (non-hydrogen) atoms. The summed E-state index contributed by atoms with van der Waals surface area (Å²) in [7, 11) is 1.60. The maximum absolute atomic E-state index is 12.8. The first kappa shape index (κ1) is 20.3. The van der Waals surface area contributed by atoms with Crippen molar-refractivity contribution < 1.29 is 19.2 Å². The van der Waals surface area contributed by atoms with Crippen LogP contribution in [-0.2, 0) is 14.4 Å². The Labute approximate surface area is 147 Å². The van der Waals surface area contributed by atoms with Crippen LogP contribution in [0.4, 0.5) is 5.69 Å². The van der Waals surface area contributed by atoms with Crippen molar-refractivity contribution in [2.24, 2.45) is 0 Å². The molecule has 3 amide bonds.